The van der Waals surface area contributed by atoms with Crippen LogP contribution in [0.15, 0.2) is 59.7 Å². The molecule has 0 spiro atoms. The zero-order chi connectivity index (χ0) is 40.5. The average Bonchev–Trinajstić information content (AvgIpc) is 3.66. The number of aromatic nitrogens is 1. The van der Waals surface area contributed by atoms with Crippen molar-refractivity contribution in [3.8, 4) is 23.1 Å². The fraction of sp³-hybridized carbons (Fsp3) is 0.513. The lowest BCUT2D eigenvalue weighted by molar-refractivity contribution is -0.143. The number of furan rings is 1. The molecular formula is C39H51N5O10S. The van der Waals surface area contributed by atoms with Crippen LogP contribution in [0.1, 0.15) is 74.1 Å². The highest BCUT2D eigenvalue weighted by atomic mass is 32.2. The van der Waals surface area contributed by atoms with E-state index in [0.717, 1.165) is 0 Å². The summed E-state index contributed by atoms with van der Waals surface area (Å²) < 4.78 is 51.0. The molecule has 2 aromatic heterocycles. The summed E-state index contributed by atoms with van der Waals surface area (Å²) in [6, 6.07) is 8.37. The van der Waals surface area contributed by atoms with E-state index in [0.29, 0.717) is 40.8 Å². The number of hydrogen-bond donors (Lipinski definition) is 3. The summed E-state index contributed by atoms with van der Waals surface area (Å²) in [5, 5.41) is 6.02. The summed E-state index contributed by atoms with van der Waals surface area (Å²) in [6.45, 7) is 15.4. The van der Waals surface area contributed by atoms with Crippen LogP contribution in [0.3, 0.4) is 0 Å². The number of amides is 4. The van der Waals surface area contributed by atoms with Gasteiger partial charge >= 0.3 is 6.09 Å². The smallest absolute Gasteiger partial charge is 0.408 e. The van der Waals surface area contributed by atoms with Gasteiger partial charge in [-0.1, -0.05) is 45.0 Å². The van der Waals surface area contributed by atoms with Crippen molar-refractivity contribution >= 4 is 44.6 Å². The maximum Gasteiger partial charge on any atom is 0.408 e. The molecule has 15 nitrogen and oxygen atoms in total. The Bertz CT molecular complexity index is 2050. The van der Waals surface area contributed by atoms with Gasteiger partial charge in [0.25, 0.3) is 5.91 Å². The van der Waals surface area contributed by atoms with Crippen molar-refractivity contribution in [3.63, 3.8) is 0 Å². The molecule has 0 bridgehead atoms. The van der Waals surface area contributed by atoms with Crippen LogP contribution < -0.4 is 24.8 Å². The predicted octanol–water partition coefficient (Wildman–Crippen LogP) is 4.85. The molecule has 2 fully saturated rings. The van der Waals surface area contributed by atoms with Gasteiger partial charge in [-0.2, -0.15) is 0 Å². The monoisotopic (exact) mass is 781 g/mol. The second-order valence-electron chi connectivity index (χ2n) is 16.2. The van der Waals surface area contributed by atoms with Crippen LogP contribution in [0.2, 0.25) is 0 Å². The molecule has 4 atom stereocenters. The number of nitrogens with zero attached hydrogens (tertiary/aromatic N) is 2. The fourth-order valence-electron chi connectivity index (χ4n) is 6.41. The minimum Gasteiger partial charge on any atom is -0.494 e. The Morgan fingerprint density at radius 3 is 2.27 bits per heavy atom. The Kier molecular flexibility index (Phi) is 11.6. The first-order valence-corrected chi connectivity index (χ1v) is 19.7. The molecule has 1 saturated carbocycles. The number of likely N-dealkylation sites (tertiary alicyclic amines) is 1. The Balaban J connectivity index is 1.52. The third kappa shape index (κ3) is 9.40. The van der Waals surface area contributed by atoms with Crippen LogP contribution in [0, 0.1) is 5.41 Å². The summed E-state index contributed by atoms with van der Waals surface area (Å²) >= 11 is 0. The first-order valence-electron chi connectivity index (χ1n) is 18.1. The molecule has 55 heavy (non-hydrogen) atoms. The Morgan fingerprint density at radius 1 is 1.04 bits per heavy atom. The van der Waals surface area contributed by atoms with Crippen LogP contribution in [0.5, 0.6) is 11.6 Å². The van der Waals surface area contributed by atoms with Gasteiger partial charge in [0.1, 0.15) is 29.3 Å². The third-order valence-electron chi connectivity index (χ3n) is 9.34. The second kappa shape index (κ2) is 15.6. The quantitative estimate of drug-likeness (QED) is 0.201. The lowest BCUT2D eigenvalue weighted by atomic mass is 9.85. The summed E-state index contributed by atoms with van der Waals surface area (Å²) in [6.07, 6.45) is 1.96. The number of benzene rings is 1. The van der Waals surface area contributed by atoms with Gasteiger partial charge in [-0.15, -0.1) is 6.58 Å². The minimum absolute atomic E-state index is 0.0504. The predicted molar refractivity (Wildman–Crippen MR) is 205 cm³/mol. The largest absolute Gasteiger partial charge is 0.494 e. The molecule has 3 N–H and O–H groups in total. The van der Waals surface area contributed by atoms with Crippen molar-refractivity contribution in [2.75, 3.05) is 13.7 Å². The zero-order valence-electron chi connectivity index (χ0n) is 32.6. The molecule has 1 aliphatic carbocycles. The highest BCUT2D eigenvalue weighted by Crippen LogP contribution is 2.40. The average molecular weight is 782 g/mol. The van der Waals surface area contributed by atoms with Crippen molar-refractivity contribution in [2.24, 2.45) is 5.41 Å². The van der Waals surface area contributed by atoms with Gasteiger partial charge in [-0.25, -0.2) is 18.2 Å². The molecule has 298 valence electrons. The number of pyridine rings is 1. The maximum atomic E-state index is 14.6. The van der Waals surface area contributed by atoms with E-state index in [9.17, 15) is 27.6 Å². The zero-order valence-corrected chi connectivity index (χ0v) is 33.4. The number of alkyl carbamates (subject to hydrolysis) is 1. The van der Waals surface area contributed by atoms with Crippen LogP contribution in [0.25, 0.3) is 22.2 Å². The number of ether oxygens (including phenoxy) is 3. The van der Waals surface area contributed by atoms with E-state index in [1.807, 2.05) is 24.3 Å². The van der Waals surface area contributed by atoms with Crippen molar-refractivity contribution < 1.29 is 46.2 Å². The summed E-state index contributed by atoms with van der Waals surface area (Å²) in [7, 11) is -2.42. The molecule has 1 aliphatic heterocycles. The maximum absolute atomic E-state index is 14.6. The first kappa shape index (κ1) is 41.1. The van der Waals surface area contributed by atoms with Gasteiger partial charge in [-0.05, 0) is 70.6 Å². The molecule has 16 heteroatoms. The number of methoxy groups -OCH3 is 1. The Hall–Kier alpha value is -5.12. The molecule has 3 aromatic rings. The van der Waals surface area contributed by atoms with Gasteiger partial charge in [-0.3, -0.25) is 19.1 Å². The van der Waals surface area contributed by atoms with E-state index >= 15 is 0 Å². The molecule has 4 amide bonds. The highest BCUT2D eigenvalue weighted by molar-refractivity contribution is 7.91. The van der Waals surface area contributed by atoms with Crippen LogP contribution in [-0.4, -0.2) is 90.3 Å². The standard InChI is InChI=1S/C39H51N5O10S/c1-10-19-39(8,35(47)43-55(49,50)24-17-18-24)42-32(45)27-21-23(22-44(27)34(46)31(37(2,3)4)41-36(48)54-38(5,6)7)53-33-26-15-12-11-14-25(26)30(51-9)29(40-33)28-16-13-20-52-28/h10-16,20,23-24,27,31H,1,17-19,21-22H2,2-9H3,(H,41,48)(H,42,45)(H,43,47)/t23-,27-,31-,39+/m1/s1. The van der Waals surface area contributed by atoms with E-state index in [-0.39, 0.29) is 25.3 Å². The van der Waals surface area contributed by atoms with Crippen molar-refractivity contribution in [2.45, 2.75) is 109 Å². The van der Waals surface area contributed by atoms with Crippen molar-refractivity contribution in [1.82, 2.24) is 25.2 Å². The minimum atomic E-state index is -3.95. The van der Waals surface area contributed by atoms with Crippen molar-refractivity contribution in [1.29, 1.82) is 0 Å². The molecular weight excluding hydrogens is 731 g/mol. The third-order valence-corrected chi connectivity index (χ3v) is 11.2. The lowest BCUT2D eigenvalue weighted by Gasteiger charge is -2.36. The molecule has 5 rings (SSSR count). The Morgan fingerprint density at radius 2 is 1.71 bits per heavy atom. The van der Waals surface area contributed by atoms with E-state index in [1.54, 1.807) is 53.7 Å². The van der Waals surface area contributed by atoms with Crippen LogP contribution in [0.4, 0.5) is 4.79 Å². The molecule has 1 aromatic carbocycles. The van der Waals surface area contributed by atoms with Crippen LogP contribution in [-0.2, 0) is 29.1 Å². The SMILES string of the molecule is C=CC[C@](C)(NC(=O)[C@H]1C[C@@H](Oc2nc(-c3ccco3)c(OC)c3ccccc23)CN1C(=O)[C@@H](NC(=O)OC(C)(C)C)C(C)(C)C)C(=O)NS(=O)(=O)C1CC1. The molecule has 2 aliphatic rings. The van der Waals surface area contributed by atoms with Crippen LogP contribution >= 0.6 is 0 Å². The number of carbonyl (C=O) groups is 4. The van der Waals surface area contributed by atoms with E-state index < -0.39 is 73.8 Å². The summed E-state index contributed by atoms with van der Waals surface area (Å²) in [5.41, 5.74) is -3.08. The lowest BCUT2D eigenvalue weighted by Crippen LogP contribution is -2.62. The normalized spacial score (nSPS) is 19.2. The van der Waals surface area contributed by atoms with Gasteiger partial charge in [0.15, 0.2) is 17.2 Å². The van der Waals surface area contributed by atoms with Gasteiger partial charge in [0, 0.05) is 17.2 Å². The first-order chi connectivity index (χ1) is 25.7. The summed E-state index contributed by atoms with van der Waals surface area (Å²) in [4.78, 5) is 61.6. The topological polar surface area (TPSA) is 195 Å². The van der Waals surface area contributed by atoms with E-state index in [2.05, 4.69) is 21.9 Å². The molecule has 3 heterocycles. The molecule has 1 saturated heterocycles. The van der Waals surface area contributed by atoms with Gasteiger partial charge in [0.05, 0.1) is 25.2 Å². The number of carbonyl (C=O) groups excluding carboxylic acids is 4. The second-order valence-corrected chi connectivity index (χ2v) is 18.2. The van der Waals surface area contributed by atoms with E-state index in [4.69, 9.17) is 23.6 Å². The van der Waals surface area contributed by atoms with Gasteiger partial charge < -0.3 is 34.2 Å². The molecule has 0 radical (unpaired) electrons. The number of sulfonamides is 1. The van der Waals surface area contributed by atoms with Gasteiger partial charge in [0.2, 0.25) is 27.7 Å². The highest BCUT2D eigenvalue weighted by Gasteiger charge is 2.49. The summed E-state index contributed by atoms with van der Waals surface area (Å²) in [5.74, 6) is -1.19. The molecule has 0 unspecified atom stereocenters. The fourth-order valence-corrected chi connectivity index (χ4v) is 7.81. The number of hydrogen-bond acceptors (Lipinski definition) is 11. The number of nitrogens with one attached hydrogen (secondary N) is 3. The Labute approximate surface area is 321 Å². The van der Waals surface area contributed by atoms with Crippen molar-refractivity contribution in [3.05, 3.63) is 55.3 Å². The number of rotatable bonds is 13. The van der Waals surface area contributed by atoms with E-state index in [1.165, 1.54) is 31.3 Å². The number of fused-ring (bicyclic) bond motifs is 1.